The van der Waals surface area contributed by atoms with Crippen LogP contribution in [0.15, 0.2) is 12.2 Å². The van der Waals surface area contributed by atoms with Gasteiger partial charge in [-0.2, -0.15) is 0 Å². The Balaban J connectivity index is 1.79. The van der Waals surface area contributed by atoms with E-state index < -0.39 is 0 Å². The maximum atomic E-state index is 12.5. The molecule has 1 N–H and O–H groups in total. The minimum absolute atomic E-state index is 0.0148. The fourth-order valence-corrected chi connectivity index (χ4v) is 7.11. The summed E-state index contributed by atoms with van der Waals surface area (Å²) in [5, 5.41) is 8.42. The van der Waals surface area contributed by atoms with Gasteiger partial charge in [0.15, 0.2) is 5.78 Å². The van der Waals surface area contributed by atoms with Crippen LogP contribution >= 0.6 is 0 Å². The summed E-state index contributed by atoms with van der Waals surface area (Å²) in [6, 6.07) is 0. The van der Waals surface area contributed by atoms with Gasteiger partial charge in [-0.1, -0.05) is 32.9 Å². The van der Waals surface area contributed by atoms with Gasteiger partial charge in [-0.25, -0.2) is 0 Å². The first-order valence-electron chi connectivity index (χ1n) is 9.55. The van der Waals surface area contributed by atoms with Crippen LogP contribution in [0.2, 0.25) is 0 Å². The number of fused-ring (bicyclic) bond motifs is 5. The predicted molar refractivity (Wildman–Crippen MR) is 93.9 cm³/mol. The molecule has 4 aliphatic carbocycles. The molecule has 0 aromatic carbocycles. The fourth-order valence-electron chi connectivity index (χ4n) is 7.11. The van der Waals surface area contributed by atoms with Crippen molar-refractivity contribution in [1.29, 1.82) is 5.41 Å². The van der Waals surface area contributed by atoms with E-state index in [2.05, 4.69) is 27.4 Å². The van der Waals surface area contributed by atoms with Crippen LogP contribution in [0, 0.1) is 45.8 Å². The average molecular weight is 327 g/mol. The quantitative estimate of drug-likeness (QED) is 0.678. The van der Waals surface area contributed by atoms with Crippen molar-refractivity contribution in [2.24, 2.45) is 40.4 Å². The molecule has 0 heterocycles. The van der Waals surface area contributed by atoms with Crippen molar-refractivity contribution in [3.05, 3.63) is 12.2 Å². The van der Waals surface area contributed by atoms with E-state index in [9.17, 15) is 9.59 Å². The Morgan fingerprint density at radius 1 is 1.08 bits per heavy atom. The molecule has 4 rings (SSSR count). The van der Waals surface area contributed by atoms with E-state index in [1.165, 1.54) is 0 Å². The number of allylic oxidation sites excluding steroid dienone is 1. The number of hydrogen-bond donors (Lipinski definition) is 1. The molecule has 0 amide bonds. The van der Waals surface area contributed by atoms with Gasteiger partial charge < -0.3 is 5.41 Å². The van der Waals surface area contributed by atoms with Gasteiger partial charge in [-0.05, 0) is 54.8 Å². The summed E-state index contributed by atoms with van der Waals surface area (Å²) in [7, 11) is 0. The lowest BCUT2D eigenvalue weighted by atomic mass is 9.42. The lowest BCUT2D eigenvalue weighted by Crippen LogP contribution is -2.59. The molecule has 0 radical (unpaired) electrons. The van der Waals surface area contributed by atoms with Crippen LogP contribution in [0.5, 0.6) is 0 Å². The third-order valence-corrected chi connectivity index (χ3v) is 8.56. The zero-order valence-corrected chi connectivity index (χ0v) is 15.2. The SMILES string of the molecule is C=C1C(C)[C@@H]2[C@@H](CC[C@]3(C)C(=O)CC[C@@H]23)[C@@]2(C)CCC(=O)C(=N)C12. The Hall–Kier alpha value is -1.25. The summed E-state index contributed by atoms with van der Waals surface area (Å²) in [6.45, 7) is 11.1. The Kier molecular flexibility index (Phi) is 3.31. The predicted octanol–water partition coefficient (Wildman–Crippen LogP) is 4.21. The first-order valence-corrected chi connectivity index (χ1v) is 9.55. The van der Waals surface area contributed by atoms with Gasteiger partial charge >= 0.3 is 0 Å². The van der Waals surface area contributed by atoms with Crippen molar-refractivity contribution < 1.29 is 9.59 Å². The number of carbonyl (C=O) groups excluding carboxylic acids is 2. The molecule has 0 aromatic rings. The van der Waals surface area contributed by atoms with Crippen molar-refractivity contribution in [2.45, 2.75) is 59.3 Å². The maximum absolute atomic E-state index is 12.5. The van der Waals surface area contributed by atoms with Crippen LogP contribution in [0.1, 0.15) is 59.3 Å². The Bertz CT molecular complexity index is 665. The summed E-state index contributed by atoms with van der Waals surface area (Å²) in [5.74, 6) is 2.17. The van der Waals surface area contributed by atoms with Gasteiger partial charge in [-0.3, -0.25) is 9.59 Å². The Morgan fingerprint density at radius 2 is 1.79 bits per heavy atom. The van der Waals surface area contributed by atoms with Crippen molar-refractivity contribution in [1.82, 2.24) is 0 Å². The number of ketones is 2. The van der Waals surface area contributed by atoms with E-state index in [0.717, 1.165) is 37.7 Å². The van der Waals surface area contributed by atoms with Crippen molar-refractivity contribution in [3.8, 4) is 0 Å². The van der Waals surface area contributed by atoms with Gasteiger partial charge in [0.1, 0.15) is 5.78 Å². The van der Waals surface area contributed by atoms with Crippen LogP contribution in [0.3, 0.4) is 0 Å². The molecular formula is C21H29NO2. The lowest BCUT2D eigenvalue weighted by Gasteiger charge is -2.62. The summed E-state index contributed by atoms with van der Waals surface area (Å²) in [5.41, 5.74) is 1.22. The molecule has 4 saturated carbocycles. The smallest absolute Gasteiger partial charge is 0.176 e. The molecule has 0 bridgehead atoms. The van der Waals surface area contributed by atoms with E-state index in [-0.39, 0.29) is 22.5 Å². The number of Topliss-reactive ketones (excluding diaryl/α,β-unsaturated/α-hetero) is 2. The first-order chi connectivity index (χ1) is 11.2. The van der Waals surface area contributed by atoms with Crippen LogP contribution in [0.4, 0.5) is 0 Å². The number of hydrogen-bond acceptors (Lipinski definition) is 3. The van der Waals surface area contributed by atoms with Crippen LogP contribution in [-0.4, -0.2) is 17.3 Å². The molecule has 7 atom stereocenters. The maximum Gasteiger partial charge on any atom is 0.176 e. The largest absolute Gasteiger partial charge is 0.301 e. The van der Waals surface area contributed by atoms with Crippen molar-refractivity contribution in [3.63, 3.8) is 0 Å². The zero-order valence-electron chi connectivity index (χ0n) is 15.2. The molecular weight excluding hydrogens is 298 g/mol. The Morgan fingerprint density at radius 3 is 2.50 bits per heavy atom. The molecule has 130 valence electrons. The number of nitrogens with one attached hydrogen (secondary N) is 1. The highest BCUT2D eigenvalue weighted by Crippen LogP contribution is 2.67. The molecule has 0 saturated heterocycles. The van der Waals surface area contributed by atoms with Crippen LogP contribution in [0.25, 0.3) is 0 Å². The second-order valence-electron chi connectivity index (χ2n) is 9.35. The van der Waals surface area contributed by atoms with Crippen LogP contribution < -0.4 is 0 Å². The molecule has 0 spiro atoms. The van der Waals surface area contributed by atoms with E-state index in [1.54, 1.807) is 0 Å². The molecule has 2 unspecified atom stereocenters. The van der Waals surface area contributed by atoms with Gasteiger partial charge in [0.05, 0.1) is 5.71 Å². The monoisotopic (exact) mass is 327 g/mol. The van der Waals surface area contributed by atoms with E-state index in [0.29, 0.717) is 41.6 Å². The second kappa shape index (κ2) is 4.89. The average Bonchev–Trinajstić information content (AvgIpc) is 2.84. The highest BCUT2D eigenvalue weighted by molar-refractivity contribution is 6.40. The molecule has 0 aliphatic heterocycles. The van der Waals surface area contributed by atoms with Gasteiger partial charge in [-0.15, -0.1) is 0 Å². The first kappa shape index (κ1) is 16.2. The Labute approximate surface area is 144 Å². The molecule has 0 aromatic heterocycles. The third-order valence-electron chi connectivity index (χ3n) is 8.56. The lowest BCUT2D eigenvalue weighted by molar-refractivity contribution is -0.136. The minimum Gasteiger partial charge on any atom is -0.301 e. The summed E-state index contributed by atoms with van der Waals surface area (Å²) in [4.78, 5) is 24.7. The van der Waals surface area contributed by atoms with E-state index in [4.69, 9.17) is 5.41 Å². The third kappa shape index (κ3) is 1.76. The summed E-state index contributed by atoms with van der Waals surface area (Å²) >= 11 is 0. The second-order valence-corrected chi connectivity index (χ2v) is 9.35. The summed E-state index contributed by atoms with van der Waals surface area (Å²) in [6.07, 6.45) is 5.19. The van der Waals surface area contributed by atoms with Gasteiger partial charge in [0.25, 0.3) is 0 Å². The number of carbonyl (C=O) groups is 2. The standard InChI is InChI=1S/C21H29NO2/c1-11-12(2)18-19(22)15(23)8-10-21(18,4)14-7-9-20(3)13(17(11)14)5-6-16(20)24/h11,13-14,17-18,22H,2,5-10H2,1,3-4H3/t11?,13-,14+,17-,18?,20-,21+/m0/s1. The normalized spacial score (nSPS) is 51.2. The summed E-state index contributed by atoms with van der Waals surface area (Å²) < 4.78 is 0. The molecule has 4 fully saturated rings. The number of rotatable bonds is 0. The van der Waals surface area contributed by atoms with E-state index in [1.807, 2.05) is 0 Å². The zero-order chi connectivity index (χ0) is 17.4. The fraction of sp³-hybridized carbons (Fsp3) is 0.762. The molecule has 4 aliphatic rings. The molecule has 3 nitrogen and oxygen atoms in total. The topological polar surface area (TPSA) is 58.0 Å². The highest BCUT2D eigenvalue weighted by atomic mass is 16.1. The van der Waals surface area contributed by atoms with Crippen molar-refractivity contribution in [2.75, 3.05) is 0 Å². The highest BCUT2D eigenvalue weighted by Gasteiger charge is 2.63. The molecule has 24 heavy (non-hydrogen) atoms. The van der Waals surface area contributed by atoms with Gasteiger partial charge in [0, 0.05) is 24.2 Å². The van der Waals surface area contributed by atoms with Crippen LogP contribution in [-0.2, 0) is 9.59 Å². The van der Waals surface area contributed by atoms with Gasteiger partial charge in [0.2, 0.25) is 0 Å². The minimum atomic E-state index is -0.142. The van der Waals surface area contributed by atoms with Crippen molar-refractivity contribution >= 4 is 17.3 Å². The van der Waals surface area contributed by atoms with E-state index >= 15 is 0 Å². The molecule has 3 heteroatoms.